The second-order valence-corrected chi connectivity index (χ2v) is 7.09. The van der Waals surface area contributed by atoms with Crippen LogP contribution in [0.1, 0.15) is 18.1 Å². The molecule has 0 bridgehead atoms. The lowest BCUT2D eigenvalue weighted by Gasteiger charge is -2.25. The number of urea groups is 1. The van der Waals surface area contributed by atoms with Gasteiger partial charge < -0.3 is 10.1 Å². The van der Waals surface area contributed by atoms with Crippen molar-refractivity contribution in [3.63, 3.8) is 0 Å². The third-order valence-electron chi connectivity index (χ3n) is 4.34. The molecular weight excluding hydrogens is 338 g/mol. The van der Waals surface area contributed by atoms with Crippen molar-refractivity contribution in [3.8, 4) is 5.75 Å². The van der Waals surface area contributed by atoms with Crippen LogP contribution in [0.2, 0.25) is 0 Å². The van der Waals surface area contributed by atoms with Gasteiger partial charge in [0.25, 0.3) is 5.91 Å². The number of carbonyl (C=O) groups is 2. The first-order valence-corrected chi connectivity index (χ1v) is 8.86. The third-order valence-corrected chi connectivity index (χ3v) is 5.07. The summed E-state index contributed by atoms with van der Waals surface area (Å²) in [6.45, 7) is 2.64. The van der Waals surface area contributed by atoms with Gasteiger partial charge in [0.1, 0.15) is 11.3 Å². The molecule has 1 fully saturated rings. The number of imide groups is 1. The van der Waals surface area contributed by atoms with E-state index < -0.39 is 5.54 Å². The summed E-state index contributed by atoms with van der Waals surface area (Å²) in [7, 11) is 3.46. The normalized spacial score (nSPS) is 20.2. The van der Waals surface area contributed by atoms with Gasteiger partial charge in [0.2, 0.25) is 0 Å². The molecule has 7 heteroatoms. The monoisotopic (exact) mass is 359 g/mol. The summed E-state index contributed by atoms with van der Waals surface area (Å²) in [4.78, 5) is 28.6. The third kappa shape index (κ3) is 3.38. The van der Waals surface area contributed by atoms with E-state index in [4.69, 9.17) is 4.74 Å². The van der Waals surface area contributed by atoms with Crippen LogP contribution >= 0.6 is 11.3 Å². The lowest BCUT2D eigenvalue weighted by atomic mass is 9.92. The summed E-state index contributed by atoms with van der Waals surface area (Å²) in [5.74, 6) is 0.386. The lowest BCUT2D eigenvalue weighted by molar-refractivity contribution is -0.132. The van der Waals surface area contributed by atoms with Gasteiger partial charge >= 0.3 is 6.03 Å². The number of hydrogen-bond donors (Lipinski definition) is 1. The number of nitrogens with zero attached hydrogens (tertiary/aromatic N) is 2. The van der Waals surface area contributed by atoms with Crippen molar-refractivity contribution in [1.29, 1.82) is 0 Å². The molecule has 0 aliphatic carbocycles. The number of benzene rings is 1. The van der Waals surface area contributed by atoms with Crippen LogP contribution in [0.4, 0.5) is 4.79 Å². The number of methoxy groups -OCH3 is 1. The minimum absolute atomic E-state index is 0.236. The van der Waals surface area contributed by atoms with Crippen LogP contribution in [0.3, 0.4) is 0 Å². The maximum Gasteiger partial charge on any atom is 0.326 e. The minimum atomic E-state index is -1.09. The molecular formula is C18H21N3O3S. The average Bonchev–Trinajstić information content (AvgIpc) is 3.18. The zero-order valence-electron chi connectivity index (χ0n) is 14.5. The first kappa shape index (κ1) is 17.4. The van der Waals surface area contributed by atoms with E-state index in [-0.39, 0.29) is 18.6 Å². The smallest absolute Gasteiger partial charge is 0.326 e. The largest absolute Gasteiger partial charge is 0.497 e. The van der Waals surface area contributed by atoms with Gasteiger partial charge in [-0.25, -0.2) is 9.69 Å². The Bertz CT molecular complexity index is 778. The number of ether oxygens (including phenoxy) is 1. The highest BCUT2D eigenvalue weighted by Gasteiger charge is 2.49. The average molecular weight is 359 g/mol. The van der Waals surface area contributed by atoms with Crippen molar-refractivity contribution in [3.05, 3.63) is 52.2 Å². The summed E-state index contributed by atoms with van der Waals surface area (Å²) < 4.78 is 5.23. The van der Waals surface area contributed by atoms with E-state index in [9.17, 15) is 9.59 Å². The van der Waals surface area contributed by atoms with E-state index >= 15 is 0 Å². The fourth-order valence-corrected chi connectivity index (χ4v) is 3.60. The first-order chi connectivity index (χ1) is 11.9. The van der Waals surface area contributed by atoms with Crippen LogP contribution in [0, 0.1) is 0 Å². The zero-order valence-corrected chi connectivity index (χ0v) is 15.3. The lowest BCUT2D eigenvalue weighted by Crippen LogP contribution is -2.42. The second kappa shape index (κ2) is 6.85. The Morgan fingerprint density at radius 2 is 2.12 bits per heavy atom. The van der Waals surface area contributed by atoms with Gasteiger partial charge in [0.15, 0.2) is 0 Å². The number of hydrogen-bond acceptors (Lipinski definition) is 5. The summed E-state index contributed by atoms with van der Waals surface area (Å²) in [5.41, 5.74) is 0.776. The molecule has 0 unspecified atom stereocenters. The maximum absolute atomic E-state index is 13.0. The molecule has 0 radical (unpaired) electrons. The molecule has 0 spiro atoms. The summed E-state index contributed by atoms with van der Waals surface area (Å²) >= 11 is 1.63. The van der Waals surface area contributed by atoms with Gasteiger partial charge in [-0.05, 0) is 54.1 Å². The number of rotatable bonds is 6. The van der Waals surface area contributed by atoms with Crippen molar-refractivity contribution < 1.29 is 14.3 Å². The van der Waals surface area contributed by atoms with E-state index in [1.54, 1.807) is 37.5 Å². The van der Waals surface area contributed by atoms with Gasteiger partial charge in [-0.1, -0.05) is 12.1 Å². The molecule has 1 aliphatic heterocycles. The van der Waals surface area contributed by atoms with Crippen LogP contribution < -0.4 is 10.1 Å². The molecule has 2 aromatic rings. The van der Waals surface area contributed by atoms with Crippen LogP contribution in [0.15, 0.2) is 41.1 Å². The molecule has 0 saturated carbocycles. The van der Waals surface area contributed by atoms with Crippen molar-refractivity contribution in [2.24, 2.45) is 0 Å². The number of nitrogens with one attached hydrogen (secondary N) is 1. The number of amides is 3. The highest BCUT2D eigenvalue weighted by molar-refractivity contribution is 7.07. The number of thiophene rings is 1. The standard InChI is InChI=1S/C18H21N3O3S/c1-18(14-5-4-6-15(9-14)24-3)16(22)21(17(23)19-18)12-20(2)10-13-7-8-25-11-13/h4-9,11H,10,12H2,1-3H3,(H,19,23)/t18-/m0/s1. The van der Waals surface area contributed by atoms with E-state index in [1.165, 1.54) is 4.90 Å². The Kier molecular flexibility index (Phi) is 4.78. The van der Waals surface area contributed by atoms with Gasteiger partial charge in [0, 0.05) is 6.54 Å². The van der Waals surface area contributed by atoms with E-state index in [2.05, 4.69) is 10.7 Å². The Hall–Kier alpha value is -2.38. The molecule has 1 atom stereocenters. The van der Waals surface area contributed by atoms with Crippen LogP contribution in [0.5, 0.6) is 5.75 Å². The quantitative estimate of drug-likeness (QED) is 0.806. The molecule has 25 heavy (non-hydrogen) atoms. The van der Waals surface area contributed by atoms with Crippen molar-refractivity contribution in [2.75, 3.05) is 20.8 Å². The van der Waals surface area contributed by atoms with Gasteiger partial charge in [-0.2, -0.15) is 11.3 Å². The Labute approximate surface area is 151 Å². The molecule has 2 heterocycles. The predicted molar refractivity (Wildman–Crippen MR) is 96.4 cm³/mol. The first-order valence-electron chi connectivity index (χ1n) is 7.92. The fourth-order valence-electron chi connectivity index (χ4n) is 2.94. The highest BCUT2D eigenvalue weighted by atomic mass is 32.1. The molecule has 3 amide bonds. The zero-order chi connectivity index (χ0) is 18.0. The molecule has 6 nitrogen and oxygen atoms in total. The SMILES string of the molecule is COc1cccc([C@]2(C)NC(=O)N(CN(C)Cc3ccsc3)C2=O)c1. The van der Waals surface area contributed by atoms with Gasteiger partial charge in [-0.3, -0.25) is 9.69 Å². The summed E-state index contributed by atoms with van der Waals surface area (Å²) in [5, 5.41) is 6.89. The molecule has 1 aliphatic rings. The van der Waals surface area contributed by atoms with E-state index in [0.717, 1.165) is 5.56 Å². The second-order valence-electron chi connectivity index (χ2n) is 6.31. The van der Waals surface area contributed by atoms with Crippen LogP contribution in [0.25, 0.3) is 0 Å². The topological polar surface area (TPSA) is 61.9 Å². The molecule has 3 rings (SSSR count). The molecule has 1 N–H and O–H groups in total. The van der Waals surface area contributed by atoms with Crippen molar-refractivity contribution in [2.45, 2.75) is 19.0 Å². The fraction of sp³-hybridized carbons (Fsp3) is 0.333. The van der Waals surface area contributed by atoms with E-state index in [1.807, 2.05) is 35.5 Å². The van der Waals surface area contributed by atoms with E-state index in [0.29, 0.717) is 17.9 Å². The molecule has 1 saturated heterocycles. The van der Waals surface area contributed by atoms with Gasteiger partial charge in [0.05, 0.1) is 13.8 Å². The number of carbonyl (C=O) groups excluding carboxylic acids is 2. The minimum Gasteiger partial charge on any atom is -0.497 e. The van der Waals surface area contributed by atoms with Crippen molar-refractivity contribution >= 4 is 23.3 Å². The Morgan fingerprint density at radius 3 is 2.80 bits per heavy atom. The van der Waals surface area contributed by atoms with Crippen LogP contribution in [-0.4, -0.2) is 42.6 Å². The predicted octanol–water partition coefficient (Wildman–Crippen LogP) is 2.61. The van der Waals surface area contributed by atoms with Crippen molar-refractivity contribution in [1.82, 2.24) is 15.1 Å². The molecule has 1 aromatic carbocycles. The highest BCUT2D eigenvalue weighted by Crippen LogP contribution is 2.31. The van der Waals surface area contributed by atoms with Gasteiger partial charge in [-0.15, -0.1) is 0 Å². The molecule has 132 valence electrons. The Morgan fingerprint density at radius 1 is 1.32 bits per heavy atom. The summed E-state index contributed by atoms with van der Waals surface area (Å²) in [6.07, 6.45) is 0. The maximum atomic E-state index is 13.0. The Balaban J connectivity index is 1.77. The van der Waals surface area contributed by atoms with Crippen LogP contribution in [-0.2, 0) is 16.9 Å². The summed E-state index contributed by atoms with van der Waals surface area (Å²) in [6, 6.07) is 8.86. The molecule has 1 aromatic heterocycles.